The minimum atomic E-state index is -0.0474. The fraction of sp³-hybridized carbons (Fsp3) is 0.385. The number of ether oxygens (including phenoxy) is 2. The standard InChI is InChI=1S/C26H31N3O4/c1-31-23-13-9-12-21(25(23)32-2)17-28(16-20-10-5-3-6-11-20)18-24-27-22(19-33-24)26(30)29-14-7-4-8-15-29/h3,5-6,9-13,19H,4,7-8,14-18H2,1-2H3. The lowest BCUT2D eigenvalue weighted by Gasteiger charge is -2.25. The van der Waals surface area contributed by atoms with Crippen molar-refractivity contribution in [2.45, 2.75) is 38.9 Å². The van der Waals surface area contributed by atoms with Gasteiger partial charge < -0.3 is 18.8 Å². The summed E-state index contributed by atoms with van der Waals surface area (Å²) in [6.45, 7) is 3.34. The zero-order chi connectivity index (χ0) is 23.0. The molecule has 1 saturated heterocycles. The molecule has 0 radical (unpaired) electrons. The minimum Gasteiger partial charge on any atom is -0.493 e. The zero-order valence-electron chi connectivity index (χ0n) is 19.3. The number of likely N-dealkylation sites (tertiary alicyclic amines) is 1. The molecule has 0 aliphatic carbocycles. The summed E-state index contributed by atoms with van der Waals surface area (Å²) < 4.78 is 16.8. The van der Waals surface area contributed by atoms with Crippen LogP contribution in [0.1, 0.15) is 46.8 Å². The average molecular weight is 450 g/mol. The Bertz CT molecular complexity index is 1040. The zero-order valence-corrected chi connectivity index (χ0v) is 19.3. The number of amides is 1. The first kappa shape index (κ1) is 22.9. The van der Waals surface area contributed by atoms with E-state index in [0.717, 1.165) is 31.5 Å². The quantitative estimate of drug-likeness (QED) is 0.478. The predicted octanol–water partition coefficient (Wildman–Crippen LogP) is 4.52. The molecule has 33 heavy (non-hydrogen) atoms. The van der Waals surface area contributed by atoms with Crippen LogP contribution < -0.4 is 9.47 Å². The summed E-state index contributed by atoms with van der Waals surface area (Å²) in [4.78, 5) is 21.4. The second kappa shape index (κ2) is 11.0. The minimum absolute atomic E-state index is 0.0474. The van der Waals surface area contributed by atoms with Crippen molar-refractivity contribution in [1.29, 1.82) is 0 Å². The Morgan fingerprint density at radius 2 is 1.76 bits per heavy atom. The van der Waals surface area contributed by atoms with Crippen LogP contribution in [-0.4, -0.2) is 48.0 Å². The number of carbonyl (C=O) groups excluding carboxylic acids is 1. The van der Waals surface area contributed by atoms with Gasteiger partial charge in [0.1, 0.15) is 6.26 Å². The van der Waals surface area contributed by atoms with Gasteiger partial charge in [-0.3, -0.25) is 9.69 Å². The van der Waals surface area contributed by atoms with Crippen molar-refractivity contribution in [1.82, 2.24) is 14.8 Å². The van der Waals surface area contributed by atoms with Gasteiger partial charge in [0.05, 0.1) is 20.8 Å². The van der Waals surface area contributed by atoms with Crippen LogP contribution in [0.4, 0.5) is 0 Å². The van der Waals surface area contributed by atoms with Gasteiger partial charge in [-0.2, -0.15) is 0 Å². The molecule has 1 fully saturated rings. The fourth-order valence-electron chi connectivity index (χ4n) is 4.26. The van der Waals surface area contributed by atoms with Crippen LogP contribution in [0.2, 0.25) is 0 Å². The number of carbonyl (C=O) groups is 1. The van der Waals surface area contributed by atoms with E-state index in [1.165, 1.54) is 18.2 Å². The van der Waals surface area contributed by atoms with E-state index in [1.807, 2.05) is 41.3 Å². The van der Waals surface area contributed by atoms with Gasteiger partial charge in [-0.05, 0) is 30.9 Å². The van der Waals surface area contributed by atoms with Gasteiger partial charge in [0.2, 0.25) is 5.89 Å². The molecule has 3 aromatic rings. The van der Waals surface area contributed by atoms with Crippen molar-refractivity contribution in [3.63, 3.8) is 0 Å². The summed E-state index contributed by atoms with van der Waals surface area (Å²) in [5.41, 5.74) is 2.56. The molecule has 174 valence electrons. The lowest BCUT2D eigenvalue weighted by atomic mass is 10.1. The maximum Gasteiger partial charge on any atom is 0.275 e. The molecule has 1 aromatic heterocycles. The third-order valence-electron chi connectivity index (χ3n) is 5.90. The molecule has 0 spiro atoms. The van der Waals surface area contributed by atoms with Crippen molar-refractivity contribution in [2.75, 3.05) is 27.3 Å². The smallest absolute Gasteiger partial charge is 0.275 e. The highest BCUT2D eigenvalue weighted by molar-refractivity contribution is 5.92. The summed E-state index contributed by atoms with van der Waals surface area (Å²) in [6, 6.07) is 16.1. The molecule has 1 aliphatic rings. The first-order valence-corrected chi connectivity index (χ1v) is 11.4. The normalized spacial score (nSPS) is 13.8. The Morgan fingerprint density at radius 1 is 0.970 bits per heavy atom. The van der Waals surface area contributed by atoms with Crippen LogP contribution in [0.15, 0.2) is 59.2 Å². The second-order valence-electron chi connectivity index (χ2n) is 8.26. The Kier molecular flexibility index (Phi) is 7.62. The molecule has 1 aliphatic heterocycles. The summed E-state index contributed by atoms with van der Waals surface area (Å²) in [7, 11) is 3.28. The second-order valence-corrected chi connectivity index (χ2v) is 8.26. The van der Waals surface area contributed by atoms with E-state index in [4.69, 9.17) is 13.9 Å². The number of benzene rings is 2. The van der Waals surface area contributed by atoms with Crippen LogP contribution in [0.5, 0.6) is 11.5 Å². The highest BCUT2D eigenvalue weighted by atomic mass is 16.5. The highest BCUT2D eigenvalue weighted by Gasteiger charge is 2.22. The molecule has 0 bridgehead atoms. The molecule has 7 nitrogen and oxygen atoms in total. The average Bonchev–Trinajstić information content (AvgIpc) is 3.33. The molecular weight excluding hydrogens is 418 g/mol. The Balaban J connectivity index is 1.53. The summed E-state index contributed by atoms with van der Waals surface area (Å²) in [6.07, 6.45) is 4.75. The molecular formula is C26H31N3O4. The molecule has 4 rings (SSSR count). The number of methoxy groups -OCH3 is 2. The molecule has 0 unspecified atom stereocenters. The first-order chi connectivity index (χ1) is 16.2. The van der Waals surface area contributed by atoms with Crippen LogP contribution in [0.25, 0.3) is 0 Å². The van der Waals surface area contributed by atoms with E-state index in [0.29, 0.717) is 42.7 Å². The number of hydrogen-bond acceptors (Lipinski definition) is 6. The number of nitrogens with zero attached hydrogens (tertiary/aromatic N) is 3. The van der Waals surface area contributed by atoms with Gasteiger partial charge in [0, 0.05) is 31.7 Å². The predicted molar refractivity (Wildman–Crippen MR) is 125 cm³/mol. The molecule has 2 aromatic carbocycles. The van der Waals surface area contributed by atoms with Gasteiger partial charge >= 0.3 is 0 Å². The van der Waals surface area contributed by atoms with Crippen molar-refractivity contribution < 1.29 is 18.7 Å². The molecule has 2 heterocycles. The van der Waals surface area contributed by atoms with Crippen LogP contribution in [0.3, 0.4) is 0 Å². The number of piperidine rings is 1. The van der Waals surface area contributed by atoms with E-state index in [2.05, 4.69) is 22.0 Å². The SMILES string of the molecule is COc1cccc(CN(Cc2ccccc2)Cc2nc(C(=O)N3CCCCC3)co2)c1OC. The fourth-order valence-corrected chi connectivity index (χ4v) is 4.26. The van der Waals surface area contributed by atoms with Gasteiger partial charge in [-0.15, -0.1) is 0 Å². The van der Waals surface area contributed by atoms with Crippen molar-refractivity contribution in [3.8, 4) is 11.5 Å². The first-order valence-electron chi connectivity index (χ1n) is 11.4. The lowest BCUT2D eigenvalue weighted by molar-refractivity contribution is 0.0718. The van der Waals surface area contributed by atoms with Gasteiger partial charge in [-0.1, -0.05) is 42.5 Å². The monoisotopic (exact) mass is 449 g/mol. The molecule has 0 atom stereocenters. The highest BCUT2D eigenvalue weighted by Crippen LogP contribution is 2.32. The number of oxazole rings is 1. The van der Waals surface area contributed by atoms with Gasteiger partial charge in [-0.25, -0.2) is 4.98 Å². The molecule has 7 heteroatoms. The van der Waals surface area contributed by atoms with Crippen molar-refractivity contribution in [2.24, 2.45) is 0 Å². The molecule has 0 saturated carbocycles. The van der Waals surface area contributed by atoms with E-state index >= 15 is 0 Å². The lowest BCUT2D eigenvalue weighted by Crippen LogP contribution is -2.35. The van der Waals surface area contributed by atoms with Crippen LogP contribution >= 0.6 is 0 Å². The molecule has 1 amide bonds. The number of rotatable bonds is 9. The molecule has 0 N–H and O–H groups in total. The van der Waals surface area contributed by atoms with E-state index in [-0.39, 0.29) is 5.91 Å². The van der Waals surface area contributed by atoms with E-state index < -0.39 is 0 Å². The maximum absolute atomic E-state index is 12.8. The topological polar surface area (TPSA) is 68.0 Å². The number of para-hydroxylation sites is 1. The summed E-state index contributed by atoms with van der Waals surface area (Å²) in [5, 5.41) is 0. The van der Waals surface area contributed by atoms with Crippen molar-refractivity contribution in [3.05, 3.63) is 77.5 Å². The van der Waals surface area contributed by atoms with Crippen LogP contribution in [-0.2, 0) is 19.6 Å². The van der Waals surface area contributed by atoms with Crippen molar-refractivity contribution >= 4 is 5.91 Å². The third kappa shape index (κ3) is 5.73. The Hall–Kier alpha value is -3.32. The maximum atomic E-state index is 12.8. The Labute approximate surface area is 194 Å². The number of aromatic nitrogens is 1. The van der Waals surface area contributed by atoms with E-state index in [9.17, 15) is 4.79 Å². The van der Waals surface area contributed by atoms with Gasteiger partial charge in [0.25, 0.3) is 5.91 Å². The third-order valence-corrected chi connectivity index (χ3v) is 5.90. The summed E-state index contributed by atoms with van der Waals surface area (Å²) in [5.74, 6) is 1.88. The largest absolute Gasteiger partial charge is 0.493 e. The van der Waals surface area contributed by atoms with Gasteiger partial charge in [0.15, 0.2) is 17.2 Å². The summed E-state index contributed by atoms with van der Waals surface area (Å²) >= 11 is 0. The van der Waals surface area contributed by atoms with E-state index in [1.54, 1.807) is 14.2 Å². The Morgan fingerprint density at radius 3 is 2.48 bits per heavy atom. The number of hydrogen-bond donors (Lipinski definition) is 0. The van der Waals surface area contributed by atoms with Crippen LogP contribution in [0, 0.1) is 0 Å².